The lowest BCUT2D eigenvalue weighted by atomic mass is 10.3. The van der Waals surface area contributed by atoms with Gasteiger partial charge in [0.1, 0.15) is 0 Å². The Balaban J connectivity index is 2.30. The summed E-state index contributed by atoms with van der Waals surface area (Å²) in [5, 5.41) is 6.46. The minimum absolute atomic E-state index is 0.807. The SMILES string of the molecule is Cc1nn(Cc2cccs2)c(C)c1N. The van der Waals surface area contributed by atoms with Crippen molar-refractivity contribution in [1.29, 1.82) is 0 Å². The average Bonchev–Trinajstić information content (AvgIpc) is 2.73. The van der Waals surface area contributed by atoms with Crippen LogP contribution in [-0.2, 0) is 6.54 Å². The van der Waals surface area contributed by atoms with E-state index in [4.69, 9.17) is 5.73 Å². The Hall–Kier alpha value is -1.29. The van der Waals surface area contributed by atoms with Crippen molar-refractivity contribution in [3.05, 3.63) is 33.8 Å². The largest absolute Gasteiger partial charge is 0.396 e. The number of nitrogen functional groups attached to an aromatic ring is 1. The molecule has 0 aliphatic rings. The molecule has 0 saturated carbocycles. The van der Waals surface area contributed by atoms with E-state index >= 15 is 0 Å². The van der Waals surface area contributed by atoms with Crippen LogP contribution in [0.3, 0.4) is 0 Å². The van der Waals surface area contributed by atoms with Gasteiger partial charge in [0.2, 0.25) is 0 Å². The van der Waals surface area contributed by atoms with E-state index in [0.717, 1.165) is 23.6 Å². The number of rotatable bonds is 2. The molecule has 2 aromatic rings. The normalized spacial score (nSPS) is 10.7. The third kappa shape index (κ3) is 1.53. The highest BCUT2D eigenvalue weighted by molar-refractivity contribution is 7.09. The smallest absolute Gasteiger partial charge is 0.0826 e. The number of anilines is 1. The Morgan fingerprint density at radius 1 is 1.50 bits per heavy atom. The van der Waals surface area contributed by atoms with Gasteiger partial charge in [0.15, 0.2) is 0 Å². The summed E-state index contributed by atoms with van der Waals surface area (Å²) in [5.41, 5.74) is 8.63. The van der Waals surface area contributed by atoms with Crippen LogP contribution in [-0.4, -0.2) is 9.78 Å². The molecule has 0 aliphatic carbocycles. The predicted octanol–water partition coefficient (Wildman–Crippen LogP) is 2.19. The van der Waals surface area contributed by atoms with E-state index in [1.165, 1.54) is 4.88 Å². The zero-order valence-corrected chi connectivity index (χ0v) is 9.14. The van der Waals surface area contributed by atoms with Crippen molar-refractivity contribution in [2.75, 3.05) is 5.73 Å². The van der Waals surface area contributed by atoms with Crippen molar-refractivity contribution in [1.82, 2.24) is 9.78 Å². The number of aromatic nitrogens is 2. The second kappa shape index (κ2) is 3.46. The summed E-state index contributed by atoms with van der Waals surface area (Å²) in [6.45, 7) is 4.76. The molecule has 0 bridgehead atoms. The highest BCUT2D eigenvalue weighted by Gasteiger charge is 2.08. The Kier molecular flexibility index (Phi) is 2.29. The second-order valence-electron chi connectivity index (χ2n) is 3.32. The van der Waals surface area contributed by atoms with Crippen molar-refractivity contribution < 1.29 is 0 Å². The Bertz CT molecular complexity index is 428. The fourth-order valence-corrected chi connectivity index (χ4v) is 2.10. The van der Waals surface area contributed by atoms with Gasteiger partial charge in [-0.2, -0.15) is 5.10 Å². The molecule has 4 heteroatoms. The molecule has 0 atom stereocenters. The Morgan fingerprint density at radius 3 is 2.79 bits per heavy atom. The van der Waals surface area contributed by atoms with Crippen LogP contribution in [0.4, 0.5) is 5.69 Å². The summed E-state index contributed by atoms with van der Waals surface area (Å²) in [4.78, 5) is 1.30. The molecule has 2 rings (SSSR count). The molecule has 0 radical (unpaired) electrons. The van der Waals surface area contributed by atoms with Gasteiger partial charge in [0, 0.05) is 4.88 Å². The molecule has 0 aliphatic heterocycles. The lowest BCUT2D eigenvalue weighted by molar-refractivity contribution is 0.666. The van der Waals surface area contributed by atoms with Crippen molar-refractivity contribution >= 4 is 17.0 Å². The Labute approximate surface area is 87.2 Å². The molecular weight excluding hydrogens is 194 g/mol. The third-order valence-corrected chi connectivity index (χ3v) is 3.18. The van der Waals surface area contributed by atoms with Gasteiger partial charge in [-0.15, -0.1) is 11.3 Å². The first-order valence-corrected chi connectivity index (χ1v) is 5.38. The van der Waals surface area contributed by atoms with Crippen LogP contribution in [0, 0.1) is 13.8 Å². The molecule has 0 unspecified atom stereocenters. The van der Waals surface area contributed by atoms with Crippen LogP contribution < -0.4 is 5.73 Å². The van der Waals surface area contributed by atoms with Gasteiger partial charge in [-0.3, -0.25) is 4.68 Å². The fourth-order valence-electron chi connectivity index (χ4n) is 1.41. The summed E-state index contributed by atoms with van der Waals surface area (Å²) in [5.74, 6) is 0. The molecule has 14 heavy (non-hydrogen) atoms. The second-order valence-corrected chi connectivity index (χ2v) is 4.35. The van der Waals surface area contributed by atoms with Crippen LogP contribution >= 0.6 is 11.3 Å². The standard InChI is InChI=1S/C10H13N3S/c1-7-10(11)8(2)13(12-7)6-9-4-3-5-14-9/h3-5H,6,11H2,1-2H3. The highest BCUT2D eigenvalue weighted by Crippen LogP contribution is 2.17. The molecule has 0 aromatic carbocycles. The monoisotopic (exact) mass is 207 g/mol. The zero-order valence-electron chi connectivity index (χ0n) is 8.32. The number of thiophene rings is 1. The molecule has 0 saturated heterocycles. The topological polar surface area (TPSA) is 43.8 Å². The van der Waals surface area contributed by atoms with Crippen LogP contribution in [0.15, 0.2) is 17.5 Å². The minimum atomic E-state index is 0.807. The minimum Gasteiger partial charge on any atom is -0.396 e. The first-order chi connectivity index (χ1) is 6.68. The maximum Gasteiger partial charge on any atom is 0.0826 e. The summed E-state index contributed by atoms with van der Waals surface area (Å²) in [6.07, 6.45) is 0. The molecule has 2 aromatic heterocycles. The highest BCUT2D eigenvalue weighted by atomic mass is 32.1. The molecular formula is C10H13N3S. The van der Waals surface area contributed by atoms with Gasteiger partial charge in [0.05, 0.1) is 23.6 Å². The summed E-state index contributed by atoms with van der Waals surface area (Å²) in [6, 6.07) is 4.16. The van der Waals surface area contributed by atoms with Gasteiger partial charge in [0.25, 0.3) is 0 Å². The van der Waals surface area contributed by atoms with E-state index in [9.17, 15) is 0 Å². The third-order valence-electron chi connectivity index (χ3n) is 2.32. The summed E-state index contributed by atoms with van der Waals surface area (Å²) < 4.78 is 1.95. The number of hydrogen-bond acceptors (Lipinski definition) is 3. The average molecular weight is 207 g/mol. The van der Waals surface area contributed by atoms with Gasteiger partial charge in [-0.25, -0.2) is 0 Å². The van der Waals surface area contributed by atoms with Crippen LogP contribution in [0.5, 0.6) is 0 Å². The van der Waals surface area contributed by atoms with Crippen molar-refractivity contribution in [2.24, 2.45) is 0 Å². The summed E-state index contributed by atoms with van der Waals surface area (Å²) >= 11 is 1.74. The fraction of sp³-hybridized carbons (Fsp3) is 0.300. The maximum atomic E-state index is 5.85. The number of aryl methyl sites for hydroxylation is 1. The van der Waals surface area contributed by atoms with E-state index in [2.05, 4.69) is 22.6 Å². The molecule has 3 nitrogen and oxygen atoms in total. The molecule has 0 fully saturated rings. The van der Waals surface area contributed by atoms with Gasteiger partial charge in [-0.1, -0.05) is 6.07 Å². The van der Waals surface area contributed by atoms with Crippen LogP contribution in [0.1, 0.15) is 16.3 Å². The van der Waals surface area contributed by atoms with E-state index < -0.39 is 0 Å². The van der Waals surface area contributed by atoms with E-state index in [0.29, 0.717) is 0 Å². The van der Waals surface area contributed by atoms with Crippen molar-refractivity contribution in [3.8, 4) is 0 Å². The lowest BCUT2D eigenvalue weighted by Gasteiger charge is -2.01. The van der Waals surface area contributed by atoms with Gasteiger partial charge >= 0.3 is 0 Å². The number of nitrogens with zero attached hydrogens (tertiary/aromatic N) is 2. The molecule has 74 valence electrons. The maximum absolute atomic E-state index is 5.85. The molecule has 2 heterocycles. The number of hydrogen-bond donors (Lipinski definition) is 1. The van der Waals surface area contributed by atoms with E-state index in [1.807, 2.05) is 18.5 Å². The van der Waals surface area contributed by atoms with Gasteiger partial charge < -0.3 is 5.73 Å². The lowest BCUT2D eigenvalue weighted by Crippen LogP contribution is -2.02. The Morgan fingerprint density at radius 2 is 2.29 bits per heavy atom. The quantitative estimate of drug-likeness (QED) is 0.820. The predicted molar refractivity (Wildman–Crippen MR) is 59.5 cm³/mol. The van der Waals surface area contributed by atoms with E-state index in [-0.39, 0.29) is 0 Å². The molecule has 2 N–H and O–H groups in total. The van der Waals surface area contributed by atoms with Crippen LogP contribution in [0.2, 0.25) is 0 Å². The van der Waals surface area contributed by atoms with Crippen molar-refractivity contribution in [2.45, 2.75) is 20.4 Å². The van der Waals surface area contributed by atoms with Gasteiger partial charge in [-0.05, 0) is 25.3 Å². The first-order valence-electron chi connectivity index (χ1n) is 4.50. The molecule has 0 amide bonds. The van der Waals surface area contributed by atoms with Crippen molar-refractivity contribution in [3.63, 3.8) is 0 Å². The first kappa shape index (κ1) is 9.27. The van der Waals surface area contributed by atoms with Crippen LogP contribution in [0.25, 0.3) is 0 Å². The van der Waals surface area contributed by atoms with E-state index in [1.54, 1.807) is 11.3 Å². The summed E-state index contributed by atoms with van der Waals surface area (Å²) in [7, 11) is 0. The zero-order chi connectivity index (χ0) is 10.1. The number of nitrogens with two attached hydrogens (primary N) is 1. The molecule has 0 spiro atoms.